The molecule has 31 heavy (non-hydrogen) atoms. The van der Waals surface area contributed by atoms with Gasteiger partial charge in [-0.1, -0.05) is 24.3 Å². The Kier molecular flexibility index (Phi) is 5.64. The summed E-state index contributed by atoms with van der Waals surface area (Å²) in [4.78, 5) is 14.6. The van der Waals surface area contributed by atoms with E-state index in [1.807, 2.05) is 13.8 Å². The molecule has 0 aromatic heterocycles. The Labute approximate surface area is 181 Å². The van der Waals surface area contributed by atoms with Gasteiger partial charge in [0.25, 0.3) is 0 Å². The molecule has 0 aliphatic carbocycles. The number of carbonyl (C=O) groups excluding carboxylic acids is 1. The van der Waals surface area contributed by atoms with E-state index in [9.17, 15) is 18.7 Å². The smallest absolute Gasteiger partial charge is 0.317 e. The summed E-state index contributed by atoms with van der Waals surface area (Å²) >= 11 is 0. The Hall–Kier alpha value is -2.67. The molecule has 0 saturated carbocycles. The molecule has 0 radical (unpaired) electrons. The summed E-state index contributed by atoms with van der Waals surface area (Å²) in [6.07, 6.45) is 1.52. The topological polar surface area (TPSA) is 61.8 Å². The first-order valence-corrected chi connectivity index (χ1v) is 10.6. The minimum absolute atomic E-state index is 0.224. The van der Waals surface area contributed by atoms with Crippen LogP contribution in [0, 0.1) is 11.6 Å². The zero-order chi connectivity index (χ0) is 22.2. The fourth-order valence-electron chi connectivity index (χ4n) is 4.49. The molecule has 1 unspecified atom stereocenters. The fraction of sp³-hybridized carbons (Fsp3) is 0.458. The number of amides is 2. The van der Waals surface area contributed by atoms with Crippen LogP contribution in [-0.2, 0) is 6.42 Å². The second kappa shape index (κ2) is 8.11. The Balaban J connectivity index is 1.40. The van der Waals surface area contributed by atoms with Gasteiger partial charge in [0.05, 0.1) is 11.6 Å². The van der Waals surface area contributed by atoms with E-state index in [1.54, 1.807) is 29.2 Å². The third kappa shape index (κ3) is 4.82. The largest absolute Gasteiger partial charge is 0.487 e. The molecule has 1 saturated heterocycles. The van der Waals surface area contributed by atoms with E-state index in [0.29, 0.717) is 43.7 Å². The molecule has 2 heterocycles. The van der Waals surface area contributed by atoms with Gasteiger partial charge in [0.15, 0.2) is 0 Å². The van der Waals surface area contributed by atoms with Gasteiger partial charge in [-0.15, -0.1) is 0 Å². The van der Waals surface area contributed by atoms with Crippen molar-refractivity contribution in [1.29, 1.82) is 0 Å². The van der Waals surface area contributed by atoms with Crippen LogP contribution in [0.4, 0.5) is 13.6 Å². The summed E-state index contributed by atoms with van der Waals surface area (Å²) in [6, 6.07) is 10.3. The summed E-state index contributed by atoms with van der Waals surface area (Å²) in [6.45, 7) is 4.56. The first-order chi connectivity index (χ1) is 14.6. The van der Waals surface area contributed by atoms with Crippen LogP contribution in [-0.4, -0.2) is 40.3 Å². The monoisotopic (exact) mass is 430 g/mol. The second-order valence-corrected chi connectivity index (χ2v) is 9.23. The standard InChI is InChI=1S/C24H28F2N2O3/c1-23(2)15-20(18-8-7-17(25)13-21(18)31-23)27-22(29)28-11-9-24(30,10-12-28)14-16-5-3-4-6-19(16)26/h3-8,13,20,30H,9-12,14-15H2,1-2H3,(H,27,29). The lowest BCUT2D eigenvalue weighted by atomic mass is 9.85. The number of aliphatic hydroxyl groups is 1. The van der Waals surface area contributed by atoms with E-state index in [4.69, 9.17) is 4.74 Å². The number of nitrogens with zero attached hydrogens (tertiary/aromatic N) is 1. The van der Waals surface area contributed by atoms with Crippen molar-refractivity contribution in [1.82, 2.24) is 10.2 Å². The summed E-state index contributed by atoms with van der Waals surface area (Å²) in [5, 5.41) is 14.0. The third-order valence-corrected chi connectivity index (χ3v) is 6.19. The summed E-state index contributed by atoms with van der Waals surface area (Å²) in [7, 11) is 0. The lowest BCUT2D eigenvalue weighted by Gasteiger charge is -2.41. The van der Waals surface area contributed by atoms with E-state index in [1.165, 1.54) is 18.2 Å². The number of benzene rings is 2. The highest BCUT2D eigenvalue weighted by molar-refractivity contribution is 5.75. The van der Waals surface area contributed by atoms with Crippen molar-refractivity contribution >= 4 is 6.03 Å². The highest BCUT2D eigenvalue weighted by Gasteiger charge is 2.38. The predicted molar refractivity (Wildman–Crippen MR) is 113 cm³/mol. The van der Waals surface area contributed by atoms with Gasteiger partial charge in [0, 0.05) is 37.6 Å². The van der Waals surface area contributed by atoms with Crippen LogP contribution in [0.5, 0.6) is 5.75 Å². The maximum absolute atomic E-state index is 14.0. The molecule has 2 aromatic rings. The number of hydrogen-bond acceptors (Lipinski definition) is 3. The molecule has 5 nitrogen and oxygen atoms in total. The van der Waals surface area contributed by atoms with Gasteiger partial charge in [0.1, 0.15) is 23.0 Å². The molecule has 2 aromatic carbocycles. The Morgan fingerprint density at radius 1 is 1.19 bits per heavy atom. The molecule has 4 rings (SSSR count). The van der Waals surface area contributed by atoms with Gasteiger partial charge < -0.3 is 20.1 Å². The Morgan fingerprint density at radius 2 is 1.90 bits per heavy atom. The number of piperidine rings is 1. The average Bonchev–Trinajstić information content (AvgIpc) is 2.69. The van der Waals surface area contributed by atoms with E-state index >= 15 is 0 Å². The van der Waals surface area contributed by atoms with Gasteiger partial charge in [-0.3, -0.25) is 0 Å². The van der Waals surface area contributed by atoms with E-state index in [0.717, 1.165) is 5.56 Å². The molecule has 0 spiro atoms. The summed E-state index contributed by atoms with van der Waals surface area (Å²) < 4.78 is 33.5. The fourth-order valence-corrected chi connectivity index (χ4v) is 4.49. The Morgan fingerprint density at radius 3 is 2.61 bits per heavy atom. The van der Waals surface area contributed by atoms with Gasteiger partial charge >= 0.3 is 6.03 Å². The molecular weight excluding hydrogens is 402 g/mol. The number of ether oxygens (including phenoxy) is 1. The van der Waals surface area contributed by atoms with Crippen LogP contribution < -0.4 is 10.1 Å². The first-order valence-electron chi connectivity index (χ1n) is 10.6. The van der Waals surface area contributed by atoms with Crippen LogP contribution >= 0.6 is 0 Å². The van der Waals surface area contributed by atoms with Crippen molar-refractivity contribution in [2.45, 2.75) is 56.8 Å². The molecule has 166 valence electrons. The lowest BCUT2D eigenvalue weighted by Crippen LogP contribution is -2.52. The van der Waals surface area contributed by atoms with Gasteiger partial charge in [0.2, 0.25) is 0 Å². The molecule has 7 heteroatoms. The molecular formula is C24H28F2N2O3. The van der Waals surface area contributed by atoms with Crippen LogP contribution in [0.3, 0.4) is 0 Å². The zero-order valence-electron chi connectivity index (χ0n) is 17.8. The molecule has 1 fully saturated rings. The van der Waals surface area contributed by atoms with E-state index in [-0.39, 0.29) is 30.1 Å². The van der Waals surface area contributed by atoms with Gasteiger partial charge in [-0.2, -0.15) is 0 Å². The number of nitrogens with one attached hydrogen (secondary N) is 1. The number of rotatable bonds is 3. The maximum atomic E-state index is 14.0. The van der Waals surface area contributed by atoms with Gasteiger partial charge in [-0.05, 0) is 44.4 Å². The number of halogens is 2. The number of hydrogen-bond donors (Lipinski definition) is 2. The molecule has 2 N–H and O–H groups in total. The summed E-state index contributed by atoms with van der Waals surface area (Å²) in [5.74, 6) is -0.264. The molecule has 1 atom stereocenters. The molecule has 2 aliphatic rings. The number of fused-ring (bicyclic) bond motifs is 1. The zero-order valence-corrected chi connectivity index (χ0v) is 17.8. The first kappa shape index (κ1) is 21.6. The number of likely N-dealkylation sites (tertiary alicyclic amines) is 1. The quantitative estimate of drug-likeness (QED) is 0.761. The van der Waals surface area contributed by atoms with Crippen LogP contribution in [0.25, 0.3) is 0 Å². The molecule has 2 aliphatic heterocycles. The van der Waals surface area contributed by atoms with Crippen molar-refractivity contribution in [2.24, 2.45) is 0 Å². The highest BCUT2D eigenvalue weighted by Crippen LogP contribution is 2.40. The van der Waals surface area contributed by atoms with Crippen molar-refractivity contribution in [3.63, 3.8) is 0 Å². The normalized spacial score (nSPS) is 21.7. The maximum Gasteiger partial charge on any atom is 0.317 e. The highest BCUT2D eigenvalue weighted by atomic mass is 19.1. The minimum atomic E-state index is -1.04. The van der Waals surface area contributed by atoms with Crippen molar-refractivity contribution in [3.05, 3.63) is 65.2 Å². The SMILES string of the molecule is CC1(C)CC(NC(=O)N2CCC(O)(Cc3ccccc3F)CC2)c2ccc(F)cc2O1. The predicted octanol–water partition coefficient (Wildman–Crippen LogP) is 4.35. The van der Waals surface area contributed by atoms with Crippen LogP contribution in [0.2, 0.25) is 0 Å². The second-order valence-electron chi connectivity index (χ2n) is 9.23. The van der Waals surface area contributed by atoms with Crippen molar-refractivity contribution in [3.8, 4) is 5.75 Å². The number of carbonyl (C=O) groups is 1. The summed E-state index contributed by atoms with van der Waals surface area (Å²) in [5.41, 5.74) is -0.344. The molecule has 0 bridgehead atoms. The third-order valence-electron chi connectivity index (χ3n) is 6.19. The van der Waals surface area contributed by atoms with Crippen molar-refractivity contribution in [2.75, 3.05) is 13.1 Å². The Bertz CT molecular complexity index is 971. The van der Waals surface area contributed by atoms with E-state index < -0.39 is 11.2 Å². The minimum Gasteiger partial charge on any atom is -0.487 e. The lowest BCUT2D eigenvalue weighted by molar-refractivity contribution is -0.0128. The van der Waals surface area contributed by atoms with Gasteiger partial charge in [-0.25, -0.2) is 13.6 Å². The van der Waals surface area contributed by atoms with Crippen LogP contribution in [0.1, 0.15) is 50.3 Å². The number of urea groups is 1. The van der Waals surface area contributed by atoms with Crippen molar-refractivity contribution < 1.29 is 23.4 Å². The average molecular weight is 430 g/mol. The van der Waals surface area contributed by atoms with Crippen LogP contribution in [0.15, 0.2) is 42.5 Å². The van der Waals surface area contributed by atoms with E-state index in [2.05, 4.69) is 5.32 Å². The molecule has 2 amide bonds.